The number of nitrogens with one attached hydrogen (secondary N) is 1. The molecule has 0 aromatic heterocycles. The van der Waals surface area contributed by atoms with Gasteiger partial charge in [-0.2, -0.15) is 13.2 Å². The first-order valence-electron chi connectivity index (χ1n) is 8.61. The lowest BCUT2D eigenvalue weighted by atomic mass is 9.73. The maximum Gasteiger partial charge on any atom is 0.416 e. The maximum atomic E-state index is 13.4. The summed E-state index contributed by atoms with van der Waals surface area (Å²) in [5.74, 6) is -2.89. The molecule has 3 atom stereocenters. The van der Waals surface area contributed by atoms with Crippen LogP contribution >= 0.6 is 12.4 Å². The van der Waals surface area contributed by atoms with Gasteiger partial charge in [-0.25, -0.2) is 8.78 Å². The topological polar surface area (TPSA) is 15.3 Å². The fourth-order valence-electron chi connectivity index (χ4n) is 3.97. The first kappa shape index (κ1) is 21.4. The van der Waals surface area contributed by atoms with Gasteiger partial charge in [0, 0.05) is 44.1 Å². The smallest absolute Gasteiger partial charge is 0.311 e. The van der Waals surface area contributed by atoms with Gasteiger partial charge in [0.25, 0.3) is 0 Å². The summed E-state index contributed by atoms with van der Waals surface area (Å²) in [6.45, 7) is 5.47. The molecule has 148 valence electrons. The summed E-state index contributed by atoms with van der Waals surface area (Å²) in [5.41, 5.74) is -0.0230. The maximum absolute atomic E-state index is 13.4. The number of piperazine rings is 1. The second-order valence-electron chi connectivity index (χ2n) is 7.44. The van der Waals surface area contributed by atoms with Gasteiger partial charge in [-0.15, -0.1) is 12.4 Å². The largest absolute Gasteiger partial charge is 0.416 e. The van der Waals surface area contributed by atoms with Gasteiger partial charge in [0.05, 0.1) is 5.56 Å². The molecule has 1 aromatic carbocycles. The number of nitrogens with zero attached hydrogens (tertiary/aromatic N) is 1. The Morgan fingerprint density at radius 1 is 1.12 bits per heavy atom. The van der Waals surface area contributed by atoms with Crippen molar-refractivity contribution in [2.75, 3.05) is 13.1 Å². The van der Waals surface area contributed by atoms with Crippen LogP contribution in [0.1, 0.15) is 43.9 Å². The molecule has 2 nitrogen and oxygen atoms in total. The number of rotatable bonds is 3. The molecule has 0 amide bonds. The number of benzene rings is 1. The standard InChI is InChI=1S/C18H23F5N2.ClH/c1-11-10-25(12(2)9-24-11)16(14-7-17(19,20)8-14)13-3-5-15(6-4-13)18(21,22)23;/h3-6,11-12,14,16,24H,7-10H2,1-2H3;1H/t11-,12+,16?;/m0./s1. The minimum atomic E-state index is -4.39. The molecule has 3 rings (SSSR count). The Morgan fingerprint density at radius 3 is 2.19 bits per heavy atom. The third-order valence-electron chi connectivity index (χ3n) is 5.32. The number of halogens is 6. The highest BCUT2D eigenvalue weighted by atomic mass is 35.5. The molecule has 2 fully saturated rings. The molecule has 1 saturated heterocycles. The van der Waals surface area contributed by atoms with Crippen LogP contribution in [0, 0.1) is 5.92 Å². The molecule has 0 radical (unpaired) electrons. The van der Waals surface area contributed by atoms with Gasteiger partial charge >= 0.3 is 6.18 Å². The van der Waals surface area contributed by atoms with E-state index in [0.29, 0.717) is 12.1 Å². The Hall–Kier alpha value is -0.920. The van der Waals surface area contributed by atoms with Gasteiger partial charge in [0.2, 0.25) is 5.92 Å². The summed E-state index contributed by atoms with van der Waals surface area (Å²) in [6, 6.07) is 5.07. The lowest BCUT2D eigenvalue weighted by Crippen LogP contribution is -2.58. The second-order valence-corrected chi connectivity index (χ2v) is 7.44. The summed E-state index contributed by atoms with van der Waals surface area (Å²) in [6.07, 6.45) is -4.80. The van der Waals surface area contributed by atoms with E-state index < -0.39 is 17.7 Å². The molecule has 1 N–H and O–H groups in total. The van der Waals surface area contributed by atoms with E-state index in [1.165, 1.54) is 12.1 Å². The molecule has 0 bridgehead atoms. The summed E-state index contributed by atoms with van der Waals surface area (Å²) < 4.78 is 65.3. The third kappa shape index (κ3) is 4.49. The van der Waals surface area contributed by atoms with Crippen LogP contribution in [0.25, 0.3) is 0 Å². The number of hydrogen-bond acceptors (Lipinski definition) is 2. The van der Waals surface area contributed by atoms with E-state index in [9.17, 15) is 22.0 Å². The second kappa shape index (κ2) is 7.60. The van der Waals surface area contributed by atoms with E-state index >= 15 is 0 Å². The summed E-state index contributed by atoms with van der Waals surface area (Å²) in [5, 5.41) is 3.35. The monoisotopic (exact) mass is 398 g/mol. The normalized spacial score (nSPS) is 28.1. The average molecular weight is 399 g/mol. The lowest BCUT2D eigenvalue weighted by Gasteiger charge is -2.49. The molecular formula is C18H24ClF5N2. The Balaban J connectivity index is 0.00000243. The summed E-state index contributed by atoms with van der Waals surface area (Å²) in [4.78, 5) is 2.17. The highest BCUT2D eigenvalue weighted by molar-refractivity contribution is 5.85. The van der Waals surface area contributed by atoms with E-state index in [-0.39, 0.29) is 49.3 Å². The molecule has 1 aliphatic heterocycles. The van der Waals surface area contributed by atoms with Crippen LogP contribution in [0.2, 0.25) is 0 Å². The van der Waals surface area contributed by atoms with Gasteiger partial charge in [0.15, 0.2) is 0 Å². The highest BCUT2D eigenvalue weighted by Gasteiger charge is 2.51. The molecule has 1 unspecified atom stereocenters. The quantitative estimate of drug-likeness (QED) is 0.729. The Labute approximate surface area is 156 Å². The number of hydrogen-bond donors (Lipinski definition) is 1. The fraction of sp³-hybridized carbons (Fsp3) is 0.667. The molecule has 0 spiro atoms. The zero-order valence-electron chi connectivity index (χ0n) is 14.7. The van der Waals surface area contributed by atoms with Crippen molar-refractivity contribution in [3.63, 3.8) is 0 Å². The van der Waals surface area contributed by atoms with Crippen LogP contribution in [0.4, 0.5) is 22.0 Å². The average Bonchev–Trinajstić information content (AvgIpc) is 2.49. The first-order chi connectivity index (χ1) is 11.6. The van der Waals surface area contributed by atoms with Crippen molar-refractivity contribution >= 4 is 12.4 Å². The molecule has 1 aliphatic carbocycles. The van der Waals surface area contributed by atoms with Gasteiger partial charge < -0.3 is 5.32 Å². The van der Waals surface area contributed by atoms with Crippen LogP contribution in [-0.2, 0) is 6.18 Å². The lowest BCUT2D eigenvalue weighted by molar-refractivity contribution is -0.138. The van der Waals surface area contributed by atoms with Gasteiger partial charge in [-0.1, -0.05) is 12.1 Å². The molecule has 1 aromatic rings. The Bertz CT molecular complexity index is 597. The Kier molecular flexibility index (Phi) is 6.25. The minimum Gasteiger partial charge on any atom is -0.311 e. The van der Waals surface area contributed by atoms with E-state index in [2.05, 4.69) is 10.2 Å². The fourth-order valence-corrected chi connectivity index (χ4v) is 3.97. The molecular weight excluding hydrogens is 375 g/mol. The zero-order valence-corrected chi connectivity index (χ0v) is 15.5. The van der Waals surface area contributed by atoms with Crippen molar-refractivity contribution in [2.24, 2.45) is 5.92 Å². The van der Waals surface area contributed by atoms with Crippen molar-refractivity contribution in [1.82, 2.24) is 10.2 Å². The first-order valence-corrected chi connectivity index (χ1v) is 8.61. The van der Waals surface area contributed by atoms with Crippen LogP contribution < -0.4 is 5.32 Å². The summed E-state index contributed by atoms with van der Waals surface area (Å²) >= 11 is 0. The molecule has 26 heavy (non-hydrogen) atoms. The molecule has 8 heteroatoms. The SMILES string of the molecule is C[C@@H]1CN[C@@H](C)CN1C(c1ccc(C(F)(F)F)cc1)C1CC(F)(F)C1.Cl. The van der Waals surface area contributed by atoms with E-state index in [1.807, 2.05) is 13.8 Å². The highest BCUT2D eigenvalue weighted by Crippen LogP contribution is 2.51. The van der Waals surface area contributed by atoms with Crippen molar-refractivity contribution in [3.8, 4) is 0 Å². The van der Waals surface area contributed by atoms with E-state index in [4.69, 9.17) is 0 Å². The van der Waals surface area contributed by atoms with Crippen molar-refractivity contribution in [3.05, 3.63) is 35.4 Å². The van der Waals surface area contributed by atoms with Gasteiger partial charge in [-0.05, 0) is 37.5 Å². The molecule has 1 saturated carbocycles. The predicted octanol–water partition coefficient (Wildman–Crippen LogP) is 4.90. The Morgan fingerprint density at radius 2 is 1.69 bits per heavy atom. The van der Waals surface area contributed by atoms with Crippen LogP contribution in [-0.4, -0.2) is 36.0 Å². The van der Waals surface area contributed by atoms with Crippen molar-refractivity contribution in [2.45, 2.75) is 56.9 Å². The van der Waals surface area contributed by atoms with Crippen LogP contribution in [0.5, 0.6) is 0 Å². The molecule has 2 aliphatic rings. The predicted molar refractivity (Wildman–Crippen MR) is 92.7 cm³/mol. The molecule has 1 heterocycles. The number of alkyl halides is 5. The van der Waals surface area contributed by atoms with Gasteiger partial charge in [-0.3, -0.25) is 4.90 Å². The summed E-state index contributed by atoms with van der Waals surface area (Å²) in [7, 11) is 0. The van der Waals surface area contributed by atoms with Crippen molar-refractivity contribution < 1.29 is 22.0 Å². The van der Waals surface area contributed by atoms with Crippen LogP contribution in [0.3, 0.4) is 0 Å². The zero-order chi connectivity index (χ0) is 18.4. The van der Waals surface area contributed by atoms with Crippen LogP contribution in [0.15, 0.2) is 24.3 Å². The van der Waals surface area contributed by atoms with Crippen molar-refractivity contribution in [1.29, 1.82) is 0 Å². The minimum absolute atomic E-state index is 0. The third-order valence-corrected chi connectivity index (χ3v) is 5.32. The van der Waals surface area contributed by atoms with Gasteiger partial charge in [0.1, 0.15) is 0 Å². The van der Waals surface area contributed by atoms with E-state index in [1.54, 1.807) is 0 Å². The van der Waals surface area contributed by atoms with E-state index in [0.717, 1.165) is 18.7 Å².